The summed E-state index contributed by atoms with van der Waals surface area (Å²) in [5.74, 6) is 0. The Hall–Kier alpha value is -0.0800. The molecule has 0 amide bonds. The molecule has 0 fully saturated rings. The van der Waals surface area contributed by atoms with Crippen molar-refractivity contribution < 1.29 is 9.96 Å². The zero-order chi connectivity index (χ0) is 20.1. The van der Waals surface area contributed by atoms with Crippen LogP contribution in [0.25, 0.3) is 0 Å². The van der Waals surface area contributed by atoms with E-state index in [2.05, 4.69) is 27.9 Å². The van der Waals surface area contributed by atoms with Crippen molar-refractivity contribution in [3.8, 4) is 0 Å². The van der Waals surface area contributed by atoms with E-state index in [0.29, 0.717) is 0 Å². The SMILES string of the molecule is CCCCCCCCCCCC[N+](C)(C)CCCCCCCCCCCC.O. The van der Waals surface area contributed by atoms with Gasteiger partial charge >= 0.3 is 0 Å². The molecule has 28 heavy (non-hydrogen) atoms. The van der Waals surface area contributed by atoms with Crippen molar-refractivity contribution in [2.24, 2.45) is 0 Å². The molecule has 2 heteroatoms. The van der Waals surface area contributed by atoms with E-state index in [0.717, 1.165) is 0 Å². The Morgan fingerprint density at radius 3 is 0.821 bits per heavy atom. The quantitative estimate of drug-likeness (QED) is 0.130. The van der Waals surface area contributed by atoms with Crippen LogP contribution in [0.3, 0.4) is 0 Å². The minimum Gasteiger partial charge on any atom is -0.412 e. The minimum absolute atomic E-state index is 0. The van der Waals surface area contributed by atoms with Gasteiger partial charge in [0.05, 0.1) is 27.2 Å². The van der Waals surface area contributed by atoms with E-state index in [1.54, 1.807) is 0 Å². The second-order valence-electron chi connectivity index (χ2n) is 9.75. The van der Waals surface area contributed by atoms with E-state index in [-0.39, 0.29) is 5.48 Å². The van der Waals surface area contributed by atoms with Gasteiger partial charge in [0.25, 0.3) is 0 Å². The van der Waals surface area contributed by atoms with Crippen LogP contribution >= 0.6 is 0 Å². The van der Waals surface area contributed by atoms with Gasteiger partial charge in [-0.05, 0) is 25.7 Å². The largest absolute Gasteiger partial charge is 0.412 e. The van der Waals surface area contributed by atoms with Gasteiger partial charge in [0.15, 0.2) is 0 Å². The van der Waals surface area contributed by atoms with E-state index in [4.69, 9.17) is 0 Å². The summed E-state index contributed by atoms with van der Waals surface area (Å²) in [5, 5.41) is 0. The van der Waals surface area contributed by atoms with Crippen LogP contribution in [-0.2, 0) is 0 Å². The summed E-state index contributed by atoms with van der Waals surface area (Å²) >= 11 is 0. The number of hydrogen-bond donors (Lipinski definition) is 0. The average Bonchev–Trinajstić information content (AvgIpc) is 2.64. The molecule has 0 rings (SSSR count). The van der Waals surface area contributed by atoms with Crippen molar-refractivity contribution in [1.82, 2.24) is 0 Å². The second-order valence-corrected chi connectivity index (χ2v) is 9.75. The van der Waals surface area contributed by atoms with E-state index >= 15 is 0 Å². The lowest BCUT2D eigenvalue weighted by Crippen LogP contribution is -2.41. The molecule has 0 aliphatic rings. The molecule has 0 saturated carbocycles. The highest BCUT2D eigenvalue weighted by Crippen LogP contribution is 2.14. The van der Waals surface area contributed by atoms with Crippen LogP contribution in [0.15, 0.2) is 0 Å². The summed E-state index contributed by atoms with van der Waals surface area (Å²) in [5.41, 5.74) is 0. The molecule has 2 N–H and O–H groups in total. The van der Waals surface area contributed by atoms with Gasteiger partial charge in [-0.15, -0.1) is 0 Å². The molecule has 0 radical (unpaired) electrons. The molecule has 0 aliphatic heterocycles. The van der Waals surface area contributed by atoms with Crippen molar-refractivity contribution in [3.05, 3.63) is 0 Å². The molecular weight excluding hydrogens is 342 g/mol. The third-order valence-electron chi connectivity index (χ3n) is 6.23. The van der Waals surface area contributed by atoms with Crippen LogP contribution in [0, 0.1) is 0 Å². The maximum absolute atomic E-state index is 2.45. The fraction of sp³-hybridized carbons (Fsp3) is 1.00. The van der Waals surface area contributed by atoms with E-state index in [9.17, 15) is 0 Å². The Kier molecular flexibility index (Phi) is 25.0. The number of unbranched alkanes of at least 4 members (excludes halogenated alkanes) is 18. The van der Waals surface area contributed by atoms with Gasteiger partial charge in [-0.3, -0.25) is 0 Å². The molecule has 0 aliphatic carbocycles. The summed E-state index contributed by atoms with van der Waals surface area (Å²) in [4.78, 5) is 0. The highest BCUT2D eigenvalue weighted by molar-refractivity contribution is 4.50. The summed E-state index contributed by atoms with van der Waals surface area (Å²) < 4.78 is 1.24. The number of quaternary nitrogens is 1. The highest BCUT2D eigenvalue weighted by Gasteiger charge is 2.13. The summed E-state index contributed by atoms with van der Waals surface area (Å²) in [7, 11) is 4.89. The van der Waals surface area contributed by atoms with Gasteiger partial charge in [0.2, 0.25) is 0 Å². The molecule has 172 valence electrons. The Morgan fingerprint density at radius 2 is 0.571 bits per heavy atom. The normalized spacial score (nSPS) is 11.6. The molecular formula is C26H58NO+. The third-order valence-corrected chi connectivity index (χ3v) is 6.23. The van der Waals surface area contributed by atoms with Crippen molar-refractivity contribution >= 4 is 0 Å². The summed E-state index contributed by atoms with van der Waals surface area (Å²) in [6.45, 7) is 7.37. The van der Waals surface area contributed by atoms with Crippen LogP contribution in [0.1, 0.15) is 142 Å². The fourth-order valence-corrected chi connectivity index (χ4v) is 4.17. The first kappa shape index (κ1) is 30.1. The summed E-state index contributed by atoms with van der Waals surface area (Å²) in [6.07, 6.45) is 29.0. The maximum atomic E-state index is 2.45. The van der Waals surface area contributed by atoms with Gasteiger partial charge in [-0.25, -0.2) is 0 Å². The molecule has 0 aromatic rings. The Labute approximate surface area is 179 Å². The molecule has 0 aromatic heterocycles. The van der Waals surface area contributed by atoms with Crippen LogP contribution in [0.5, 0.6) is 0 Å². The molecule has 0 spiro atoms. The number of nitrogens with zero attached hydrogens (tertiary/aromatic N) is 1. The standard InChI is InChI=1S/C26H56N.H2O/c1-5-7-9-11-13-15-17-19-21-23-25-27(3,4)26-24-22-20-18-16-14-12-10-8-6-2;/h5-26H2,1-4H3;1H2/q+1;. The van der Waals surface area contributed by atoms with Crippen molar-refractivity contribution in [3.63, 3.8) is 0 Å². The van der Waals surface area contributed by atoms with Gasteiger partial charge in [-0.1, -0.05) is 117 Å². The third kappa shape index (κ3) is 24.0. The Morgan fingerprint density at radius 1 is 0.357 bits per heavy atom. The van der Waals surface area contributed by atoms with Gasteiger partial charge < -0.3 is 9.96 Å². The van der Waals surface area contributed by atoms with E-state index in [1.165, 1.54) is 146 Å². The van der Waals surface area contributed by atoms with Crippen molar-refractivity contribution in [1.29, 1.82) is 0 Å². The first-order valence-electron chi connectivity index (χ1n) is 12.9. The van der Waals surface area contributed by atoms with Crippen LogP contribution in [-0.4, -0.2) is 37.1 Å². The topological polar surface area (TPSA) is 31.5 Å². The lowest BCUT2D eigenvalue weighted by molar-refractivity contribution is -0.890. The molecule has 0 saturated heterocycles. The fourth-order valence-electron chi connectivity index (χ4n) is 4.17. The van der Waals surface area contributed by atoms with Crippen LogP contribution < -0.4 is 0 Å². The average molecular weight is 401 g/mol. The maximum Gasteiger partial charge on any atom is 0.0782 e. The molecule has 0 unspecified atom stereocenters. The minimum atomic E-state index is 0. The number of rotatable bonds is 22. The van der Waals surface area contributed by atoms with E-state index < -0.39 is 0 Å². The van der Waals surface area contributed by atoms with E-state index in [1.807, 2.05) is 0 Å². The molecule has 0 aromatic carbocycles. The molecule has 0 bridgehead atoms. The molecule has 0 atom stereocenters. The predicted molar refractivity (Wildman–Crippen MR) is 129 cm³/mol. The molecule has 2 nitrogen and oxygen atoms in total. The van der Waals surface area contributed by atoms with Crippen molar-refractivity contribution in [2.45, 2.75) is 142 Å². The second kappa shape index (κ2) is 23.2. The first-order valence-corrected chi connectivity index (χ1v) is 12.9. The Balaban J connectivity index is 0. The van der Waals surface area contributed by atoms with Crippen LogP contribution in [0.4, 0.5) is 0 Å². The zero-order valence-corrected chi connectivity index (χ0v) is 20.5. The lowest BCUT2D eigenvalue weighted by atomic mass is 10.1. The lowest BCUT2D eigenvalue weighted by Gasteiger charge is -2.30. The number of hydrogen-bond acceptors (Lipinski definition) is 0. The van der Waals surface area contributed by atoms with Gasteiger partial charge in [0, 0.05) is 0 Å². The Bertz CT molecular complexity index is 252. The molecule has 0 heterocycles. The smallest absolute Gasteiger partial charge is 0.0782 e. The monoisotopic (exact) mass is 400 g/mol. The summed E-state index contributed by atoms with van der Waals surface area (Å²) in [6, 6.07) is 0. The van der Waals surface area contributed by atoms with Gasteiger partial charge in [0.1, 0.15) is 0 Å². The zero-order valence-electron chi connectivity index (χ0n) is 20.5. The van der Waals surface area contributed by atoms with Crippen LogP contribution in [0.2, 0.25) is 0 Å². The van der Waals surface area contributed by atoms with Gasteiger partial charge in [-0.2, -0.15) is 0 Å². The first-order chi connectivity index (χ1) is 13.1. The highest BCUT2D eigenvalue weighted by atomic mass is 16.0. The predicted octanol–water partition coefficient (Wildman–Crippen LogP) is 8.08. The van der Waals surface area contributed by atoms with Crippen molar-refractivity contribution in [2.75, 3.05) is 27.2 Å².